The number of nitrogens with one attached hydrogen (secondary N) is 1. The highest BCUT2D eigenvalue weighted by molar-refractivity contribution is 7.92. The Kier molecular flexibility index (Phi) is 11.6. The predicted molar refractivity (Wildman–Crippen MR) is 182 cm³/mol. The molecule has 12 heteroatoms. The van der Waals surface area contributed by atoms with Crippen molar-refractivity contribution in [1.82, 2.24) is 10.2 Å². The van der Waals surface area contributed by atoms with Gasteiger partial charge < -0.3 is 19.7 Å². The molecule has 48 heavy (non-hydrogen) atoms. The van der Waals surface area contributed by atoms with Crippen LogP contribution in [0.5, 0.6) is 11.5 Å². The summed E-state index contributed by atoms with van der Waals surface area (Å²) in [4.78, 5) is 29.6. The van der Waals surface area contributed by atoms with Crippen molar-refractivity contribution >= 4 is 39.1 Å². The van der Waals surface area contributed by atoms with Gasteiger partial charge in [0.25, 0.3) is 10.0 Å². The van der Waals surface area contributed by atoms with Crippen LogP contribution >= 0.6 is 11.6 Å². The molecule has 1 heterocycles. The van der Waals surface area contributed by atoms with Gasteiger partial charge in [-0.05, 0) is 66.1 Å². The maximum atomic E-state index is 14.5. The molecule has 4 aromatic carbocycles. The van der Waals surface area contributed by atoms with Crippen LogP contribution in [0.3, 0.4) is 0 Å². The molecule has 9 nitrogen and oxygen atoms in total. The third-order valence-electron chi connectivity index (χ3n) is 7.84. The molecule has 0 radical (unpaired) electrons. The molecule has 0 aromatic heterocycles. The largest absolute Gasteiger partial charge is 0.486 e. The van der Waals surface area contributed by atoms with Crippen LogP contribution in [-0.2, 0) is 32.6 Å². The normalized spacial score (nSPS) is 13.0. The minimum atomic E-state index is -4.42. The van der Waals surface area contributed by atoms with E-state index in [9.17, 15) is 22.4 Å². The molecule has 4 aromatic rings. The number of sulfonamides is 1. The Morgan fingerprint density at radius 2 is 1.60 bits per heavy atom. The average Bonchev–Trinajstić information content (AvgIpc) is 3.09. The molecule has 1 aliphatic rings. The van der Waals surface area contributed by atoms with Crippen molar-refractivity contribution in [3.63, 3.8) is 0 Å². The quantitative estimate of drug-likeness (QED) is 0.163. The molecule has 1 N–H and O–H groups in total. The first kappa shape index (κ1) is 34.7. The fourth-order valence-corrected chi connectivity index (χ4v) is 6.98. The number of hydrogen-bond acceptors (Lipinski definition) is 6. The van der Waals surface area contributed by atoms with Crippen LogP contribution in [0.2, 0.25) is 5.02 Å². The molecule has 0 spiro atoms. The van der Waals surface area contributed by atoms with Crippen LogP contribution in [0.4, 0.5) is 10.1 Å². The number of hydrogen-bond donors (Lipinski definition) is 1. The summed E-state index contributed by atoms with van der Waals surface area (Å²) in [7, 11) is -4.42. The SMILES string of the molecule is CCCCNC(=O)[C@@H](Cc1ccccc1)N(Cc1cccc(Cl)c1)C(=O)CN(c1ccc(F)cc1)S(=O)(=O)c1ccc2c(c1)OCCO2. The second kappa shape index (κ2) is 16.0. The number of anilines is 1. The average molecular weight is 694 g/mol. The number of ether oxygens (including phenoxy) is 2. The Labute approximate surface area is 285 Å². The molecule has 2 amide bonds. The van der Waals surface area contributed by atoms with Gasteiger partial charge in [0, 0.05) is 30.6 Å². The van der Waals surface area contributed by atoms with Crippen molar-refractivity contribution in [2.75, 3.05) is 30.6 Å². The van der Waals surface area contributed by atoms with Crippen molar-refractivity contribution in [3.05, 3.63) is 119 Å². The molecule has 0 aliphatic carbocycles. The van der Waals surface area contributed by atoms with Gasteiger partial charge in [0.1, 0.15) is 31.6 Å². The Hall–Kier alpha value is -4.61. The summed E-state index contributed by atoms with van der Waals surface area (Å²) < 4.78 is 54.7. The number of fused-ring (bicyclic) bond motifs is 1. The van der Waals surface area contributed by atoms with E-state index < -0.39 is 34.3 Å². The fraction of sp³-hybridized carbons (Fsp3) is 0.278. The summed E-state index contributed by atoms with van der Waals surface area (Å²) in [5.74, 6) is -0.939. The summed E-state index contributed by atoms with van der Waals surface area (Å²) in [5.41, 5.74) is 1.53. The van der Waals surface area contributed by atoms with Crippen molar-refractivity contribution in [1.29, 1.82) is 0 Å². The molecule has 0 fully saturated rings. The van der Waals surface area contributed by atoms with E-state index in [-0.39, 0.29) is 41.8 Å². The van der Waals surface area contributed by atoms with Gasteiger partial charge in [-0.2, -0.15) is 0 Å². The molecule has 5 rings (SSSR count). The second-order valence-electron chi connectivity index (χ2n) is 11.3. The van der Waals surface area contributed by atoms with Crippen LogP contribution in [0.15, 0.2) is 102 Å². The van der Waals surface area contributed by atoms with E-state index in [2.05, 4.69) is 5.32 Å². The maximum absolute atomic E-state index is 14.5. The lowest BCUT2D eigenvalue weighted by molar-refractivity contribution is -0.140. The zero-order chi connectivity index (χ0) is 34.1. The first-order valence-electron chi connectivity index (χ1n) is 15.7. The first-order chi connectivity index (χ1) is 23.2. The van der Waals surface area contributed by atoms with E-state index in [1.165, 1.54) is 35.2 Å². The Morgan fingerprint density at radius 1 is 0.896 bits per heavy atom. The standard InChI is InChI=1S/C36H37ClFN3O6S/c1-2-3-18-39-36(43)32(22-26-8-5-4-6-9-26)40(24-27-10-7-11-28(37)21-27)35(42)25-41(30-14-12-29(38)13-15-30)48(44,45)31-16-17-33-34(23-31)47-20-19-46-33/h4-17,21,23,32H,2-3,18-20,22,24-25H2,1H3,(H,39,43)/t32-/m1/s1. The van der Waals surface area contributed by atoms with Crippen LogP contribution in [0, 0.1) is 5.82 Å². The number of halogens is 2. The number of carbonyl (C=O) groups is 2. The molecule has 0 saturated heterocycles. The van der Waals surface area contributed by atoms with Gasteiger partial charge in [-0.1, -0.05) is 67.4 Å². The highest BCUT2D eigenvalue weighted by atomic mass is 35.5. The second-order valence-corrected chi connectivity index (χ2v) is 13.6. The van der Waals surface area contributed by atoms with Gasteiger partial charge in [-0.3, -0.25) is 13.9 Å². The molecule has 252 valence electrons. The number of amides is 2. The van der Waals surface area contributed by atoms with Crippen LogP contribution in [0.1, 0.15) is 30.9 Å². The van der Waals surface area contributed by atoms with Crippen LogP contribution < -0.4 is 19.1 Å². The van der Waals surface area contributed by atoms with E-state index in [4.69, 9.17) is 21.1 Å². The highest BCUT2D eigenvalue weighted by Gasteiger charge is 2.35. The zero-order valence-corrected chi connectivity index (χ0v) is 28.1. The molecule has 0 unspecified atom stereocenters. The summed E-state index contributed by atoms with van der Waals surface area (Å²) in [6.45, 7) is 2.29. The molecular weight excluding hydrogens is 657 g/mol. The lowest BCUT2D eigenvalue weighted by atomic mass is 10.0. The van der Waals surface area contributed by atoms with Gasteiger partial charge in [-0.25, -0.2) is 12.8 Å². The van der Waals surface area contributed by atoms with Crippen molar-refractivity contribution < 1.29 is 31.9 Å². The highest BCUT2D eigenvalue weighted by Crippen LogP contribution is 2.34. The van der Waals surface area contributed by atoms with Gasteiger partial charge in [0.2, 0.25) is 11.8 Å². The van der Waals surface area contributed by atoms with E-state index in [0.717, 1.165) is 34.8 Å². The van der Waals surface area contributed by atoms with Gasteiger partial charge >= 0.3 is 0 Å². The van der Waals surface area contributed by atoms with Crippen LogP contribution in [0.25, 0.3) is 0 Å². The van der Waals surface area contributed by atoms with Gasteiger partial charge in [0.05, 0.1) is 10.6 Å². The topological polar surface area (TPSA) is 105 Å². The van der Waals surface area contributed by atoms with E-state index in [1.54, 1.807) is 24.3 Å². The monoisotopic (exact) mass is 693 g/mol. The zero-order valence-electron chi connectivity index (χ0n) is 26.5. The third-order valence-corrected chi connectivity index (χ3v) is 9.84. The predicted octanol–water partition coefficient (Wildman–Crippen LogP) is 6.00. The van der Waals surface area contributed by atoms with Crippen LogP contribution in [-0.4, -0.2) is 57.5 Å². The van der Waals surface area contributed by atoms with E-state index >= 15 is 0 Å². The molecule has 1 atom stereocenters. The molecule has 0 bridgehead atoms. The Morgan fingerprint density at radius 3 is 2.31 bits per heavy atom. The smallest absolute Gasteiger partial charge is 0.264 e. The Bertz CT molecular complexity index is 1830. The minimum absolute atomic E-state index is 0.0284. The number of benzene rings is 4. The van der Waals surface area contributed by atoms with Crippen molar-refractivity contribution in [2.24, 2.45) is 0 Å². The molecule has 1 aliphatic heterocycles. The lowest BCUT2D eigenvalue weighted by Crippen LogP contribution is -2.53. The molecular formula is C36H37ClFN3O6S. The van der Waals surface area contributed by atoms with E-state index in [1.807, 2.05) is 37.3 Å². The Balaban J connectivity index is 1.56. The van der Waals surface area contributed by atoms with Gasteiger partial charge in [-0.15, -0.1) is 0 Å². The summed E-state index contributed by atoms with van der Waals surface area (Å²) in [6, 6.07) is 24.2. The van der Waals surface area contributed by atoms with Crippen molar-refractivity contribution in [3.8, 4) is 11.5 Å². The van der Waals surface area contributed by atoms with E-state index in [0.29, 0.717) is 29.5 Å². The summed E-state index contributed by atoms with van der Waals surface area (Å²) in [5, 5.41) is 3.40. The fourth-order valence-electron chi connectivity index (χ4n) is 5.34. The lowest BCUT2D eigenvalue weighted by Gasteiger charge is -2.34. The first-order valence-corrected chi connectivity index (χ1v) is 17.5. The van der Waals surface area contributed by atoms with Crippen molar-refractivity contribution in [2.45, 2.75) is 43.7 Å². The third kappa shape index (κ3) is 8.64. The summed E-state index contributed by atoms with van der Waals surface area (Å²) in [6.07, 6.45) is 1.79. The van der Waals surface area contributed by atoms with Gasteiger partial charge in [0.15, 0.2) is 11.5 Å². The maximum Gasteiger partial charge on any atom is 0.264 e. The number of unbranched alkanes of at least 4 members (excludes halogenated alkanes) is 1. The molecule has 0 saturated carbocycles. The number of carbonyl (C=O) groups excluding carboxylic acids is 2. The summed E-state index contributed by atoms with van der Waals surface area (Å²) >= 11 is 6.30. The minimum Gasteiger partial charge on any atom is -0.486 e. The number of rotatable bonds is 14. The number of nitrogens with zero attached hydrogens (tertiary/aromatic N) is 2.